The number of halogens is 1. The van der Waals surface area contributed by atoms with Crippen LogP contribution in [0.25, 0.3) is 0 Å². The zero-order chi connectivity index (χ0) is 12.1. The van der Waals surface area contributed by atoms with Gasteiger partial charge in [-0.15, -0.1) is 11.3 Å². The number of thiophene rings is 1. The highest BCUT2D eigenvalue weighted by atomic mass is 127. The van der Waals surface area contributed by atoms with Gasteiger partial charge in [0.25, 0.3) is 0 Å². The summed E-state index contributed by atoms with van der Waals surface area (Å²) in [4.78, 5) is 1.45. The maximum Gasteiger partial charge on any atom is 0.0291 e. The van der Waals surface area contributed by atoms with E-state index in [1.54, 1.807) is 0 Å². The lowest BCUT2D eigenvalue weighted by Crippen LogP contribution is -2.21. The molecule has 0 aliphatic rings. The molecule has 1 aromatic heterocycles. The monoisotopic (exact) mass is 357 g/mol. The van der Waals surface area contributed by atoms with Crippen molar-refractivity contribution in [2.24, 2.45) is 0 Å². The molecule has 0 bridgehead atoms. The first-order valence-electron chi connectivity index (χ1n) is 5.77. The first kappa shape index (κ1) is 13.1. The molecule has 17 heavy (non-hydrogen) atoms. The van der Waals surface area contributed by atoms with E-state index in [0.29, 0.717) is 6.04 Å². The predicted molar refractivity (Wildman–Crippen MR) is 83.6 cm³/mol. The van der Waals surface area contributed by atoms with Crippen LogP contribution in [0.3, 0.4) is 0 Å². The minimum Gasteiger partial charge on any atom is -0.310 e. The largest absolute Gasteiger partial charge is 0.310 e. The molecule has 1 N–H and O–H groups in total. The van der Waals surface area contributed by atoms with Gasteiger partial charge in [0.2, 0.25) is 0 Å². The fourth-order valence-electron chi connectivity index (χ4n) is 1.74. The van der Waals surface area contributed by atoms with Crippen molar-refractivity contribution < 1.29 is 0 Å². The third-order valence-corrected chi connectivity index (χ3v) is 4.43. The molecule has 90 valence electrons. The number of nitrogens with one attached hydrogen (secondary N) is 1. The van der Waals surface area contributed by atoms with Crippen LogP contribution < -0.4 is 5.32 Å². The average molecular weight is 357 g/mol. The summed E-state index contributed by atoms with van der Waals surface area (Å²) in [5.74, 6) is 0. The Labute approximate surface area is 120 Å². The molecule has 1 atom stereocenters. The molecule has 0 aliphatic carbocycles. The second-order valence-corrected chi connectivity index (χ2v) is 6.33. The Morgan fingerprint density at radius 2 is 2.00 bits per heavy atom. The highest BCUT2D eigenvalue weighted by molar-refractivity contribution is 14.1. The quantitative estimate of drug-likeness (QED) is 0.789. The van der Waals surface area contributed by atoms with Crippen LogP contribution in [0, 0.1) is 3.57 Å². The van der Waals surface area contributed by atoms with Crippen LogP contribution in [-0.4, -0.2) is 6.54 Å². The summed E-state index contributed by atoms with van der Waals surface area (Å²) in [6.07, 6.45) is 1.12. The first-order valence-corrected chi connectivity index (χ1v) is 7.73. The molecule has 0 saturated carbocycles. The molecule has 1 unspecified atom stereocenters. The highest BCUT2D eigenvalue weighted by Crippen LogP contribution is 2.15. The van der Waals surface area contributed by atoms with E-state index in [1.165, 1.54) is 14.0 Å². The van der Waals surface area contributed by atoms with E-state index < -0.39 is 0 Å². The minimum absolute atomic E-state index is 0.423. The lowest BCUT2D eigenvalue weighted by atomic mass is 10.1. The molecular weight excluding hydrogens is 341 g/mol. The third kappa shape index (κ3) is 4.08. The van der Waals surface area contributed by atoms with Crippen molar-refractivity contribution >= 4 is 33.9 Å². The second kappa shape index (κ2) is 6.52. The number of benzene rings is 1. The molecule has 0 saturated heterocycles. The van der Waals surface area contributed by atoms with Gasteiger partial charge in [-0.1, -0.05) is 18.2 Å². The summed E-state index contributed by atoms with van der Waals surface area (Å²) in [5, 5.41) is 5.70. The predicted octanol–water partition coefficient (Wildman–Crippen LogP) is 4.25. The zero-order valence-electron chi connectivity index (χ0n) is 9.82. The summed E-state index contributed by atoms with van der Waals surface area (Å²) in [6.45, 7) is 3.25. The van der Waals surface area contributed by atoms with Crippen molar-refractivity contribution in [1.82, 2.24) is 5.32 Å². The SMILES string of the molecule is CC(NCCc1cccs1)c1ccc(I)cc1. The van der Waals surface area contributed by atoms with Crippen LogP contribution in [0.15, 0.2) is 41.8 Å². The molecule has 0 radical (unpaired) electrons. The van der Waals surface area contributed by atoms with Gasteiger partial charge in [0.05, 0.1) is 0 Å². The van der Waals surface area contributed by atoms with E-state index in [-0.39, 0.29) is 0 Å². The Bertz CT molecular complexity index is 436. The molecule has 2 aromatic rings. The normalized spacial score (nSPS) is 12.6. The molecule has 1 aromatic carbocycles. The smallest absolute Gasteiger partial charge is 0.0291 e. The zero-order valence-corrected chi connectivity index (χ0v) is 12.8. The molecule has 1 nitrogen and oxygen atoms in total. The average Bonchev–Trinajstić information content (AvgIpc) is 2.83. The van der Waals surface area contributed by atoms with Gasteiger partial charge in [0.15, 0.2) is 0 Å². The summed E-state index contributed by atoms with van der Waals surface area (Å²) in [5.41, 5.74) is 1.36. The molecule has 1 heterocycles. The Balaban J connectivity index is 1.81. The number of hydrogen-bond acceptors (Lipinski definition) is 2. The van der Waals surface area contributed by atoms with Gasteiger partial charge in [-0.05, 0) is 65.1 Å². The lowest BCUT2D eigenvalue weighted by Gasteiger charge is -2.13. The molecule has 0 aliphatic heterocycles. The summed E-state index contributed by atoms with van der Waals surface area (Å²) < 4.78 is 1.29. The van der Waals surface area contributed by atoms with Crippen molar-refractivity contribution in [2.45, 2.75) is 19.4 Å². The Hall–Kier alpha value is -0.390. The van der Waals surface area contributed by atoms with Gasteiger partial charge in [-0.3, -0.25) is 0 Å². The topological polar surface area (TPSA) is 12.0 Å². The molecular formula is C14H16INS. The molecule has 0 amide bonds. The summed E-state index contributed by atoms with van der Waals surface area (Å²) in [7, 11) is 0. The van der Waals surface area contributed by atoms with Crippen LogP contribution in [0.5, 0.6) is 0 Å². The highest BCUT2D eigenvalue weighted by Gasteiger charge is 2.04. The van der Waals surface area contributed by atoms with Crippen LogP contribution in [-0.2, 0) is 6.42 Å². The van der Waals surface area contributed by atoms with E-state index >= 15 is 0 Å². The second-order valence-electron chi connectivity index (χ2n) is 4.06. The van der Waals surface area contributed by atoms with Gasteiger partial charge in [-0.25, -0.2) is 0 Å². The van der Waals surface area contributed by atoms with Crippen molar-refractivity contribution in [2.75, 3.05) is 6.54 Å². The van der Waals surface area contributed by atoms with Crippen molar-refractivity contribution in [3.63, 3.8) is 0 Å². The van der Waals surface area contributed by atoms with Crippen molar-refractivity contribution in [1.29, 1.82) is 0 Å². The van der Waals surface area contributed by atoms with E-state index in [2.05, 4.69) is 76.6 Å². The van der Waals surface area contributed by atoms with Gasteiger partial charge >= 0.3 is 0 Å². The number of hydrogen-bond donors (Lipinski definition) is 1. The first-order chi connectivity index (χ1) is 8.25. The van der Waals surface area contributed by atoms with Crippen LogP contribution >= 0.6 is 33.9 Å². The van der Waals surface area contributed by atoms with Gasteiger partial charge < -0.3 is 5.32 Å². The van der Waals surface area contributed by atoms with Crippen LogP contribution in [0.4, 0.5) is 0 Å². The Morgan fingerprint density at radius 3 is 2.65 bits per heavy atom. The lowest BCUT2D eigenvalue weighted by molar-refractivity contribution is 0.578. The Morgan fingerprint density at radius 1 is 1.24 bits per heavy atom. The summed E-state index contributed by atoms with van der Waals surface area (Å²) >= 11 is 4.17. The fraction of sp³-hybridized carbons (Fsp3) is 0.286. The maximum atomic E-state index is 3.56. The summed E-state index contributed by atoms with van der Waals surface area (Å²) in [6, 6.07) is 13.5. The molecule has 2 rings (SSSR count). The van der Waals surface area contributed by atoms with E-state index in [9.17, 15) is 0 Å². The fourth-order valence-corrected chi connectivity index (χ4v) is 2.80. The van der Waals surface area contributed by atoms with Gasteiger partial charge in [0, 0.05) is 21.0 Å². The van der Waals surface area contributed by atoms with Gasteiger partial charge in [-0.2, -0.15) is 0 Å². The van der Waals surface area contributed by atoms with E-state index in [4.69, 9.17) is 0 Å². The van der Waals surface area contributed by atoms with Crippen molar-refractivity contribution in [3.05, 3.63) is 55.8 Å². The minimum atomic E-state index is 0.423. The third-order valence-electron chi connectivity index (χ3n) is 2.77. The molecule has 3 heteroatoms. The van der Waals surface area contributed by atoms with Crippen LogP contribution in [0.2, 0.25) is 0 Å². The van der Waals surface area contributed by atoms with Crippen molar-refractivity contribution in [3.8, 4) is 0 Å². The molecule has 0 spiro atoms. The maximum absolute atomic E-state index is 3.56. The molecule has 0 fully saturated rings. The van der Waals surface area contributed by atoms with Gasteiger partial charge in [0.1, 0.15) is 0 Å². The standard InChI is InChI=1S/C14H16INS/c1-11(12-4-6-13(15)7-5-12)16-9-8-14-3-2-10-17-14/h2-7,10-11,16H,8-9H2,1H3. The van der Waals surface area contributed by atoms with Crippen LogP contribution in [0.1, 0.15) is 23.4 Å². The Kier molecular flexibility index (Phi) is 5.00. The van der Waals surface area contributed by atoms with E-state index in [0.717, 1.165) is 13.0 Å². The number of rotatable bonds is 5. The van der Waals surface area contributed by atoms with E-state index in [1.807, 2.05) is 11.3 Å².